The number of hydrogen-bond acceptors (Lipinski definition) is 4. The molecule has 0 radical (unpaired) electrons. The molecule has 0 aliphatic carbocycles. The van der Waals surface area contributed by atoms with Gasteiger partial charge in [-0.25, -0.2) is 0 Å². The molecule has 1 saturated heterocycles. The zero-order valence-corrected chi connectivity index (χ0v) is 13.9. The van der Waals surface area contributed by atoms with Crippen LogP contribution >= 0.6 is 27.5 Å². The quantitative estimate of drug-likeness (QED) is 0.811. The van der Waals surface area contributed by atoms with Crippen LogP contribution in [0, 0.1) is 0 Å². The highest BCUT2D eigenvalue weighted by Crippen LogP contribution is 2.22. The molecule has 1 aliphatic rings. The largest absolute Gasteiger partial charge is 0.370 e. The van der Waals surface area contributed by atoms with Crippen LogP contribution in [0.15, 0.2) is 41.0 Å². The summed E-state index contributed by atoms with van der Waals surface area (Å²) in [4.78, 5) is 4.65. The molecule has 1 aromatic heterocycles. The van der Waals surface area contributed by atoms with Gasteiger partial charge in [-0.2, -0.15) is 0 Å². The van der Waals surface area contributed by atoms with E-state index in [0.29, 0.717) is 0 Å². The number of halogens is 2. The van der Waals surface area contributed by atoms with E-state index < -0.39 is 0 Å². The summed E-state index contributed by atoms with van der Waals surface area (Å²) in [5.74, 6) is 0.936. The van der Waals surface area contributed by atoms with Gasteiger partial charge < -0.3 is 9.80 Å². The van der Waals surface area contributed by atoms with E-state index in [1.807, 2.05) is 30.3 Å². The average Bonchev–Trinajstić information content (AvgIpc) is 2.74. The zero-order valence-electron chi connectivity index (χ0n) is 11.5. The van der Waals surface area contributed by atoms with Crippen molar-refractivity contribution in [2.75, 3.05) is 36.0 Å². The van der Waals surface area contributed by atoms with Crippen LogP contribution in [-0.4, -0.2) is 36.4 Å². The van der Waals surface area contributed by atoms with Crippen molar-refractivity contribution in [1.82, 2.24) is 10.2 Å². The van der Waals surface area contributed by atoms with E-state index in [0.717, 1.165) is 48.0 Å². The molecule has 0 spiro atoms. The Labute approximate surface area is 137 Å². The maximum absolute atomic E-state index is 6.08. The first kappa shape index (κ1) is 14.6. The zero-order chi connectivity index (χ0) is 14.7. The van der Waals surface area contributed by atoms with Crippen molar-refractivity contribution in [1.29, 1.82) is 0 Å². The van der Waals surface area contributed by atoms with E-state index in [-0.39, 0.29) is 0 Å². The summed E-state index contributed by atoms with van der Waals surface area (Å²) in [5.41, 5.74) is 1.19. The van der Waals surface area contributed by atoms with Gasteiger partial charge in [0.25, 0.3) is 0 Å². The topological polar surface area (TPSA) is 32.3 Å². The first-order valence-corrected chi connectivity index (χ1v) is 8.14. The summed E-state index contributed by atoms with van der Waals surface area (Å²) < 4.78 is 0.765. The van der Waals surface area contributed by atoms with E-state index in [4.69, 9.17) is 11.6 Å². The number of nitrogens with zero attached hydrogens (tertiary/aromatic N) is 4. The predicted molar refractivity (Wildman–Crippen MR) is 90.2 cm³/mol. The highest BCUT2D eigenvalue weighted by atomic mass is 79.9. The van der Waals surface area contributed by atoms with Crippen molar-refractivity contribution < 1.29 is 0 Å². The lowest BCUT2D eigenvalue weighted by atomic mass is 10.2. The van der Waals surface area contributed by atoms with Gasteiger partial charge in [0, 0.05) is 36.9 Å². The highest BCUT2D eigenvalue weighted by Gasteiger charge is 2.16. The lowest BCUT2D eigenvalue weighted by molar-refractivity contribution is 0.784. The molecule has 21 heavy (non-hydrogen) atoms. The second-order valence-electron chi connectivity index (χ2n) is 5.02. The van der Waals surface area contributed by atoms with Crippen molar-refractivity contribution in [3.05, 3.63) is 46.0 Å². The van der Waals surface area contributed by atoms with Gasteiger partial charge in [0.15, 0.2) is 5.82 Å². The molecule has 0 saturated carbocycles. The second kappa shape index (κ2) is 6.62. The number of rotatable bonds is 2. The summed E-state index contributed by atoms with van der Waals surface area (Å²) in [7, 11) is 0. The maximum Gasteiger partial charge on any atom is 0.151 e. The molecule has 6 heteroatoms. The van der Waals surface area contributed by atoms with Crippen molar-refractivity contribution >= 4 is 39.0 Å². The standard InChI is InChI=1S/C15H16BrClN4/c16-14-5-6-15(19-18-14)21-8-2-7-20(9-10-21)13-4-1-3-12(17)11-13/h1,3-6,11H,2,7-10H2. The van der Waals surface area contributed by atoms with Gasteiger partial charge in [0.05, 0.1) is 0 Å². The monoisotopic (exact) mass is 366 g/mol. The van der Waals surface area contributed by atoms with E-state index in [1.165, 1.54) is 5.69 Å². The number of aromatic nitrogens is 2. The van der Waals surface area contributed by atoms with Crippen LogP contribution < -0.4 is 9.80 Å². The van der Waals surface area contributed by atoms with Crippen LogP contribution in [0.25, 0.3) is 0 Å². The molecule has 0 bridgehead atoms. The molecule has 0 unspecified atom stereocenters. The lowest BCUT2D eigenvalue weighted by Crippen LogP contribution is -2.31. The summed E-state index contributed by atoms with van der Waals surface area (Å²) in [5, 5.41) is 9.10. The molecule has 4 nitrogen and oxygen atoms in total. The Morgan fingerprint density at radius 3 is 2.52 bits per heavy atom. The first-order valence-electron chi connectivity index (χ1n) is 6.97. The SMILES string of the molecule is Clc1cccc(N2CCCN(c3ccc(Br)nn3)CC2)c1. The third-order valence-electron chi connectivity index (χ3n) is 3.61. The van der Waals surface area contributed by atoms with Gasteiger partial charge in [-0.15, -0.1) is 10.2 Å². The molecular formula is C15H16BrClN4. The van der Waals surface area contributed by atoms with E-state index in [2.05, 4.69) is 42.0 Å². The minimum Gasteiger partial charge on any atom is -0.370 e. The Hall–Kier alpha value is -1.33. The summed E-state index contributed by atoms with van der Waals surface area (Å²) >= 11 is 9.40. The van der Waals surface area contributed by atoms with Crippen LogP contribution in [0.1, 0.15) is 6.42 Å². The van der Waals surface area contributed by atoms with E-state index in [1.54, 1.807) is 0 Å². The van der Waals surface area contributed by atoms with Crippen LogP contribution in [0.3, 0.4) is 0 Å². The Bertz CT molecular complexity index is 605. The Kier molecular flexibility index (Phi) is 4.60. The predicted octanol–water partition coefficient (Wildman–Crippen LogP) is 3.61. The average molecular weight is 368 g/mol. The first-order chi connectivity index (χ1) is 10.2. The van der Waals surface area contributed by atoms with Crippen molar-refractivity contribution in [3.8, 4) is 0 Å². The number of hydrogen-bond donors (Lipinski definition) is 0. The Morgan fingerprint density at radius 1 is 0.952 bits per heavy atom. The normalized spacial score (nSPS) is 15.9. The lowest BCUT2D eigenvalue weighted by Gasteiger charge is -2.24. The molecular weight excluding hydrogens is 352 g/mol. The third kappa shape index (κ3) is 3.66. The maximum atomic E-state index is 6.08. The van der Waals surface area contributed by atoms with Crippen LogP contribution in [0.5, 0.6) is 0 Å². The molecule has 110 valence electrons. The fraction of sp³-hybridized carbons (Fsp3) is 0.333. The molecule has 2 aromatic rings. The van der Waals surface area contributed by atoms with Gasteiger partial charge in [-0.1, -0.05) is 17.7 Å². The summed E-state index contributed by atoms with van der Waals surface area (Å²) in [6.45, 7) is 3.91. The van der Waals surface area contributed by atoms with Gasteiger partial charge in [-0.05, 0) is 52.7 Å². The van der Waals surface area contributed by atoms with Crippen LogP contribution in [-0.2, 0) is 0 Å². The second-order valence-corrected chi connectivity index (χ2v) is 6.27. The summed E-state index contributed by atoms with van der Waals surface area (Å²) in [6.07, 6.45) is 1.09. The van der Waals surface area contributed by atoms with E-state index >= 15 is 0 Å². The number of anilines is 2. The molecule has 2 heterocycles. The minimum absolute atomic E-state index is 0.765. The molecule has 0 amide bonds. The molecule has 1 aliphatic heterocycles. The molecule has 0 atom stereocenters. The van der Waals surface area contributed by atoms with Crippen LogP contribution in [0.4, 0.5) is 11.5 Å². The fourth-order valence-corrected chi connectivity index (χ4v) is 2.95. The van der Waals surface area contributed by atoms with Gasteiger partial charge in [0.2, 0.25) is 0 Å². The third-order valence-corrected chi connectivity index (χ3v) is 4.27. The molecule has 1 fully saturated rings. The van der Waals surface area contributed by atoms with Crippen molar-refractivity contribution in [2.24, 2.45) is 0 Å². The summed E-state index contributed by atoms with van der Waals surface area (Å²) in [6, 6.07) is 12.0. The van der Waals surface area contributed by atoms with Gasteiger partial charge in [0.1, 0.15) is 4.60 Å². The van der Waals surface area contributed by atoms with Crippen molar-refractivity contribution in [2.45, 2.75) is 6.42 Å². The smallest absolute Gasteiger partial charge is 0.151 e. The van der Waals surface area contributed by atoms with Crippen molar-refractivity contribution in [3.63, 3.8) is 0 Å². The fourth-order valence-electron chi connectivity index (χ4n) is 2.56. The highest BCUT2D eigenvalue weighted by molar-refractivity contribution is 9.10. The van der Waals surface area contributed by atoms with E-state index in [9.17, 15) is 0 Å². The van der Waals surface area contributed by atoms with Crippen LogP contribution in [0.2, 0.25) is 5.02 Å². The molecule has 0 N–H and O–H groups in total. The Balaban J connectivity index is 1.70. The van der Waals surface area contributed by atoms with Gasteiger partial charge >= 0.3 is 0 Å². The number of benzene rings is 1. The minimum atomic E-state index is 0.765. The van der Waals surface area contributed by atoms with Gasteiger partial charge in [-0.3, -0.25) is 0 Å². The molecule has 1 aromatic carbocycles. The Morgan fingerprint density at radius 2 is 1.76 bits per heavy atom. The molecule has 3 rings (SSSR count).